The van der Waals surface area contributed by atoms with E-state index in [1.165, 1.54) is 5.56 Å². The number of hydrogen-bond donors (Lipinski definition) is 1. The van der Waals surface area contributed by atoms with Crippen LogP contribution in [0.5, 0.6) is 5.75 Å². The van der Waals surface area contributed by atoms with E-state index >= 15 is 0 Å². The Morgan fingerprint density at radius 3 is 2.38 bits per heavy atom. The summed E-state index contributed by atoms with van der Waals surface area (Å²) in [5.41, 5.74) is 2.42. The van der Waals surface area contributed by atoms with Crippen molar-refractivity contribution in [2.45, 2.75) is 26.5 Å². The van der Waals surface area contributed by atoms with Crippen LogP contribution in [-0.2, 0) is 17.9 Å². The smallest absolute Gasteiger partial charge is 0.189 e. The summed E-state index contributed by atoms with van der Waals surface area (Å²) in [5, 5.41) is 3.38. The van der Waals surface area contributed by atoms with Crippen molar-refractivity contribution in [3.63, 3.8) is 0 Å². The minimum atomic E-state index is 0.266. The standard InChI is InChI=1S/C18H23NO2/c1-2-12-19-13-16-8-10-18(11-9-16)21-15-20-14-17-6-4-3-5-7-17/h3-11,19H,2,12-15H2,1H3. The van der Waals surface area contributed by atoms with Gasteiger partial charge in [-0.05, 0) is 36.2 Å². The topological polar surface area (TPSA) is 30.5 Å². The Hall–Kier alpha value is -1.84. The van der Waals surface area contributed by atoms with Crippen LogP contribution < -0.4 is 10.1 Å². The third-order valence-corrected chi connectivity index (χ3v) is 3.10. The minimum Gasteiger partial charge on any atom is -0.468 e. The third kappa shape index (κ3) is 5.98. The molecule has 0 saturated carbocycles. The molecule has 0 amide bonds. The minimum absolute atomic E-state index is 0.266. The molecule has 0 unspecified atom stereocenters. The molecular weight excluding hydrogens is 262 g/mol. The molecule has 112 valence electrons. The summed E-state index contributed by atoms with van der Waals surface area (Å²) in [6.45, 7) is 4.95. The van der Waals surface area contributed by atoms with Gasteiger partial charge >= 0.3 is 0 Å². The molecule has 0 heterocycles. The van der Waals surface area contributed by atoms with Crippen molar-refractivity contribution in [1.29, 1.82) is 0 Å². The van der Waals surface area contributed by atoms with Gasteiger partial charge in [-0.25, -0.2) is 0 Å². The molecule has 0 aliphatic carbocycles. The van der Waals surface area contributed by atoms with E-state index in [0.717, 1.165) is 30.8 Å². The van der Waals surface area contributed by atoms with Crippen LogP contribution in [0.1, 0.15) is 24.5 Å². The van der Waals surface area contributed by atoms with E-state index in [0.29, 0.717) is 6.61 Å². The Morgan fingerprint density at radius 2 is 1.67 bits per heavy atom. The van der Waals surface area contributed by atoms with Crippen LogP contribution in [0.3, 0.4) is 0 Å². The van der Waals surface area contributed by atoms with Gasteiger partial charge in [-0.3, -0.25) is 0 Å². The third-order valence-electron chi connectivity index (χ3n) is 3.10. The van der Waals surface area contributed by atoms with Gasteiger partial charge in [0.1, 0.15) is 5.75 Å². The lowest BCUT2D eigenvalue weighted by atomic mass is 10.2. The highest BCUT2D eigenvalue weighted by Crippen LogP contribution is 2.12. The summed E-state index contributed by atoms with van der Waals surface area (Å²) < 4.78 is 11.1. The van der Waals surface area contributed by atoms with E-state index in [1.807, 2.05) is 42.5 Å². The molecule has 0 radical (unpaired) electrons. The first-order valence-electron chi connectivity index (χ1n) is 7.42. The van der Waals surface area contributed by atoms with Crippen molar-refractivity contribution in [2.24, 2.45) is 0 Å². The fraction of sp³-hybridized carbons (Fsp3) is 0.333. The van der Waals surface area contributed by atoms with Crippen LogP contribution in [0.15, 0.2) is 54.6 Å². The monoisotopic (exact) mass is 285 g/mol. The zero-order valence-electron chi connectivity index (χ0n) is 12.5. The molecule has 0 fully saturated rings. The molecule has 2 rings (SSSR count). The normalized spacial score (nSPS) is 10.5. The summed E-state index contributed by atoms with van der Waals surface area (Å²) >= 11 is 0. The molecule has 0 aromatic heterocycles. The van der Waals surface area contributed by atoms with Crippen molar-refractivity contribution in [3.05, 3.63) is 65.7 Å². The fourth-order valence-electron chi connectivity index (χ4n) is 1.96. The molecule has 1 N–H and O–H groups in total. The van der Waals surface area contributed by atoms with E-state index < -0.39 is 0 Å². The van der Waals surface area contributed by atoms with Crippen LogP contribution in [0.2, 0.25) is 0 Å². The van der Waals surface area contributed by atoms with Crippen LogP contribution >= 0.6 is 0 Å². The highest BCUT2D eigenvalue weighted by molar-refractivity contribution is 5.27. The maximum atomic E-state index is 5.57. The second-order valence-corrected chi connectivity index (χ2v) is 4.92. The Bertz CT molecular complexity index is 496. The lowest BCUT2D eigenvalue weighted by Crippen LogP contribution is -2.13. The van der Waals surface area contributed by atoms with Crippen molar-refractivity contribution in [2.75, 3.05) is 13.3 Å². The van der Waals surface area contributed by atoms with Gasteiger partial charge in [-0.15, -0.1) is 0 Å². The second-order valence-electron chi connectivity index (χ2n) is 4.92. The van der Waals surface area contributed by atoms with Gasteiger partial charge in [0.05, 0.1) is 6.61 Å². The Morgan fingerprint density at radius 1 is 0.905 bits per heavy atom. The number of hydrogen-bond acceptors (Lipinski definition) is 3. The lowest BCUT2D eigenvalue weighted by Gasteiger charge is -2.08. The zero-order valence-corrected chi connectivity index (χ0v) is 12.5. The Kier molecular flexibility index (Phi) is 6.78. The Balaban J connectivity index is 1.66. The number of benzene rings is 2. The molecule has 2 aromatic carbocycles. The molecule has 0 aliphatic heterocycles. The average Bonchev–Trinajstić information content (AvgIpc) is 2.54. The van der Waals surface area contributed by atoms with Crippen LogP contribution in [0.4, 0.5) is 0 Å². The van der Waals surface area contributed by atoms with Crippen LogP contribution in [0, 0.1) is 0 Å². The number of nitrogens with one attached hydrogen (secondary N) is 1. The van der Waals surface area contributed by atoms with Crippen molar-refractivity contribution in [1.82, 2.24) is 5.32 Å². The lowest BCUT2D eigenvalue weighted by molar-refractivity contribution is 0.00504. The summed E-state index contributed by atoms with van der Waals surface area (Å²) in [7, 11) is 0. The van der Waals surface area contributed by atoms with Gasteiger partial charge < -0.3 is 14.8 Å². The van der Waals surface area contributed by atoms with Crippen molar-refractivity contribution >= 4 is 0 Å². The highest BCUT2D eigenvalue weighted by Gasteiger charge is 1.96. The Labute approximate surface area is 126 Å². The van der Waals surface area contributed by atoms with Crippen molar-refractivity contribution < 1.29 is 9.47 Å². The van der Waals surface area contributed by atoms with Gasteiger partial charge in [-0.2, -0.15) is 0 Å². The molecule has 0 saturated heterocycles. The van der Waals surface area contributed by atoms with E-state index in [1.54, 1.807) is 0 Å². The van der Waals surface area contributed by atoms with Crippen LogP contribution in [-0.4, -0.2) is 13.3 Å². The predicted octanol–water partition coefficient (Wildman–Crippen LogP) is 3.74. The summed E-state index contributed by atoms with van der Waals surface area (Å²) in [4.78, 5) is 0. The SMILES string of the molecule is CCCNCc1ccc(OCOCc2ccccc2)cc1. The molecule has 2 aromatic rings. The quantitative estimate of drug-likeness (QED) is 0.562. The molecule has 0 bridgehead atoms. The maximum Gasteiger partial charge on any atom is 0.189 e. The zero-order chi connectivity index (χ0) is 14.8. The molecule has 0 spiro atoms. The summed E-state index contributed by atoms with van der Waals surface area (Å²) in [5.74, 6) is 0.835. The molecule has 0 atom stereocenters. The van der Waals surface area contributed by atoms with Gasteiger partial charge in [-0.1, -0.05) is 49.4 Å². The maximum absolute atomic E-state index is 5.57. The highest BCUT2D eigenvalue weighted by atomic mass is 16.7. The molecule has 21 heavy (non-hydrogen) atoms. The molecule has 3 nitrogen and oxygen atoms in total. The summed E-state index contributed by atoms with van der Waals surface area (Å²) in [6, 6.07) is 18.2. The number of ether oxygens (including phenoxy) is 2. The molecule has 3 heteroatoms. The first kappa shape index (κ1) is 15.5. The average molecular weight is 285 g/mol. The number of rotatable bonds is 9. The molecular formula is C18H23NO2. The van der Waals surface area contributed by atoms with E-state index in [-0.39, 0.29) is 6.79 Å². The first-order valence-corrected chi connectivity index (χ1v) is 7.42. The van der Waals surface area contributed by atoms with E-state index in [4.69, 9.17) is 9.47 Å². The second kappa shape index (κ2) is 9.16. The fourth-order valence-corrected chi connectivity index (χ4v) is 1.96. The van der Waals surface area contributed by atoms with Gasteiger partial charge in [0.15, 0.2) is 6.79 Å². The van der Waals surface area contributed by atoms with Gasteiger partial charge in [0.2, 0.25) is 0 Å². The van der Waals surface area contributed by atoms with Gasteiger partial charge in [0.25, 0.3) is 0 Å². The first-order chi connectivity index (χ1) is 10.4. The van der Waals surface area contributed by atoms with E-state index in [2.05, 4.69) is 24.4 Å². The van der Waals surface area contributed by atoms with Crippen molar-refractivity contribution in [3.8, 4) is 5.75 Å². The summed E-state index contributed by atoms with van der Waals surface area (Å²) in [6.07, 6.45) is 1.15. The van der Waals surface area contributed by atoms with Gasteiger partial charge in [0, 0.05) is 6.54 Å². The predicted molar refractivity (Wildman–Crippen MR) is 85.2 cm³/mol. The largest absolute Gasteiger partial charge is 0.468 e. The molecule has 0 aliphatic rings. The van der Waals surface area contributed by atoms with E-state index in [9.17, 15) is 0 Å². The van der Waals surface area contributed by atoms with Crippen LogP contribution in [0.25, 0.3) is 0 Å².